The summed E-state index contributed by atoms with van der Waals surface area (Å²) in [5.41, 5.74) is 9.15. The highest BCUT2D eigenvalue weighted by Crippen LogP contribution is 2.48. The number of allylic oxidation sites excluding steroid dienone is 1. The summed E-state index contributed by atoms with van der Waals surface area (Å²) < 4.78 is 0. The lowest BCUT2D eigenvalue weighted by atomic mass is 9.73. The van der Waals surface area contributed by atoms with Crippen LogP contribution in [0, 0.1) is 35.5 Å². The van der Waals surface area contributed by atoms with Gasteiger partial charge in [-0.05, 0) is 136 Å². The second-order valence-corrected chi connectivity index (χ2v) is 17.1. The van der Waals surface area contributed by atoms with Gasteiger partial charge in [-0.1, -0.05) is 69.7 Å². The van der Waals surface area contributed by atoms with Crippen molar-refractivity contribution in [3.63, 3.8) is 0 Å². The monoisotopic (exact) mass is 773 g/mol. The van der Waals surface area contributed by atoms with Crippen LogP contribution in [0.3, 0.4) is 0 Å². The third-order valence-electron chi connectivity index (χ3n) is 12.8. The van der Waals surface area contributed by atoms with Crippen molar-refractivity contribution in [3.05, 3.63) is 89.4 Å². The minimum atomic E-state index is -1.15. The first kappa shape index (κ1) is 43.4. The normalized spacial score (nSPS) is 25.3. The van der Waals surface area contributed by atoms with Crippen molar-refractivity contribution >= 4 is 11.8 Å². The molecule has 2 aromatic heterocycles. The van der Waals surface area contributed by atoms with Gasteiger partial charge in [0, 0.05) is 36.5 Å². The lowest BCUT2D eigenvalue weighted by molar-refractivity contribution is -0.148. The molecule has 5 rings (SSSR count). The van der Waals surface area contributed by atoms with Crippen molar-refractivity contribution in [2.45, 2.75) is 127 Å². The topological polar surface area (TPSA) is 185 Å². The van der Waals surface area contributed by atoms with Crippen LogP contribution in [0.4, 0.5) is 5.82 Å². The quantitative estimate of drug-likeness (QED) is 0.0365. The molecule has 2 aliphatic carbocycles. The molecule has 3 aromatic rings. The molecule has 0 bridgehead atoms. The smallest absolute Gasteiger partial charge is 0.309 e. The Morgan fingerprint density at radius 3 is 2.50 bits per heavy atom. The summed E-state index contributed by atoms with van der Waals surface area (Å²) in [6, 6.07) is 13.2. The molecule has 9 N–H and O–H groups in total. The number of nitrogens with zero attached hydrogens (tertiary/aromatic N) is 1. The highest BCUT2D eigenvalue weighted by Gasteiger charge is 2.51. The number of phenols is 1. The SMILES string of the molecule is CCCCC[C@@H]1C=C[C@@H](CCCCC[C@H](C(=O)O)[C@H](O)C[C@@H](CNC)[C@]2(O)C[C@H](Cc3ccnc(N)c3)C[C@H]2Cc2cc(Cc3ccc(O)cc3)c[nH]2)[C@H](O)C1. The van der Waals surface area contributed by atoms with E-state index in [1.165, 1.54) is 19.3 Å². The predicted octanol–water partition coefficient (Wildman–Crippen LogP) is 7.20. The number of unbranched alkanes of at least 4 members (excludes halogenated alkanes) is 4. The van der Waals surface area contributed by atoms with Crippen molar-refractivity contribution in [2.75, 3.05) is 19.3 Å². The van der Waals surface area contributed by atoms with Crippen molar-refractivity contribution in [3.8, 4) is 5.75 Å². The number of aromatic nitrogens is 2. The fraction of sp³-hybridized carbons (Fsp3) is 0.609. The minimum absolute atomic E-state index is 0.128. The molecule has 2 aliphatic rings. The third-order valence-corrected chi connectivity index (χ3v) is 12.8. The lowest BCUT2D eigenvalue weighted by Crippen LogP contribution is -2.48. The fourth-order valence-corrected chi connectivity index (χ4v) is 9.74. The number of anilines is 1. The zero-order chi connectivity index (χ0) is 40.1. The summed E-state index contributed by atoms with van der Waals surface area (Å²) >= 11 is 0. The average molecular weight is 773 g/mol. The summed E-state index contributed by atoms with van der Waals surface area (Å²) in [5, 5.41) is 58.4. The Balaban J connectivity index is 1.22. The standard InChI is InChI=1S/C46H68N4O6/c1-3-4-6-9-31-12-15-36(42(52)24-31)10-7-5-8-11-41(45(54)55)43(53)27-38(30-48-2)46(56)28-34(21-33-18-19-49-44(47)25-33)22-37(46)26-39-23-35(29-50-39)20-32-13-16-40(51)17-14-32/h12-19,23,25,29,31,34,36-38,41-43,48,50-53,56H,3-11,20-22,24,26-28,30H2,1-2H3,(H2,47,49)(H,54,55)/t31-,34-,36-,37+,38+,41+,42-,43-,46+/m1/s1. The first-order valence-corrected chi connectivity index (χ1v) is 21.3. The fourth-order valence-electron chi connectivity index (χ4n) is 9.74. The Kier molecular flexibility index (Phi) is 16.4. The van der Waals surface area contributed by atoms with Gasteiger partial charge in [0.25, 0.3) is 0 Å². The van der Waals surface area contributed by atoms with Gasteiger partial charge in [0.05, 0.1) is 23.7 Å². The molecule has 1 fully saturated rings. The number of aliphatic hydroxyl groups excluding tert-OH is 2. The molecule has 0 radical (unpaired) electrons. The number of carboxylic acids is 1. The van der Waals surface area contributed by atoms with Crippen LogP contribution in [0.1, 0.15) is 113 Å². The van der Waals surface area contributed by atoms with Gasteiger partial charge in [0.15, 0.2) is 0 Å². The summed E-state index contributed by atoms with van der Waals surface area (Å²) in [6.07, 6.45) is 19.6. The molecule has 2 heterocycles. The number of aliphatic hydroxyl groups is 3. The summed E-state index contributed by atoms with van der Waals surface area (Å²) in [7, 11) is 1.84. The third kappa shape index (κ3) is 12.4. The summed E-state index contributed by atoms with van der Waals surface area (Å²) in [4.78, 5) is 20.2. The van der Waals surface area contributed by atoms with E-state index in [1.807, 2.05) is 37.5 Å². The molecule has 10 heteroatoms. The Bertz CT molecular complexity index is 1660. The average Bonchev–Trinajstić information content (AvgIpc) is 3.73. The number of nitrogens with two attached hydrogens (primary N) is 1. The Labute approximate surface area is 334 Å². The van der Waals surface area contributed by atoms with Crippen LogP contribution in [0.15, 0.2) is 67.0 Å². The number of hydrogen-bond donors (Lipinski definition) is 8. The van der Waals surface area contributed by atoms with Crippen molar-refractivity contribution in [2.24, 2.45) is 35.5 Å². The van der Waals surface area contributed by atoms with Gasteiger partial charge in [0.2, 0.25) is 0 Å². The van der Waals surface area contributed by atoms with Crippen LogP contribution >= 0.6 is 0 Å². The molecule has 1 saturated carbocycles. The number of aromatic hydroxyl groups is 1. The highest BCUT2D eigenvalue weighted by atomic mass is 16.4. The zero-order valence-corrected chi connectivity index (χ0v) is 33.7. The number of carboxylic acid groups (broad SMARTS) is 1. The van der Waals surface area contributed by atoms with E-state index in [4.69, 9.17) is 5.73 Å². The molecule has 308 valence electrons. The molecule has 10 nitrogen and oxygen atoms in total. The number of nitrogen functional groups attached to an aromatic ring is 1. The largest absolute Gasteiger partial charge is 0.508 e. The van der Waals surface area contributed by atoms with E-state index < -0.39 is 23.6 Å². The van der Waals surface area contributed by atoms with E-state index in [-0.39, 0.29) is 41.9 Å². The number of benzene rings is 1. The number of nitrogens with one attached hydrogen (secondary N) is 2. The first-order valence-electron chi connectivity index (χ1n) is 21.3. The van der Waals surface area contributed by atoms with Gasteiger partial charge < -0.3 is 41.6 Å². The summed E-state index contributed by atoms with van der Waals surface area (Å²) in [6.45, 7) is 2.65. The maximum Gasteiger partial charge on any atom is 0.309 e. The second-order valence-electron chi connectivity index (χ2n) is 17.1. The number of carbonyl (C=O) groups is 1. The Hall–Kier alpha value is -3.70. The van der Waals surface area contributed by atoms with Crippen LogP contribution in [0.2, 0.25) is 0 Å². The maximum absolute atomic E-state index is 12.8. The van der Waals surface area contributed by atoms with E-state index >= 15 is 0 Å². The number of H-pyrrole nitrogens is 1. The van der Waals surface area contributed by atoms with Gasteiger partial charge in [-0.25, -0.2) is 4.98 Å². The highest BCUT2D eigenvalue weighted by molar-refractivity contribution is 5.70. The maximum atomic E-state index is 12.8. The van der Waals surface area contributed by atoms with E-state index in [1.54, 1.807) is 18.3 Å². The van der Waals surface area contributed by atoms with Crippen LogP contribution in [-0.4, -0.2) is 72.9 Å². The van der Waals surface area contributed by atoms with Gasteiger partial charge in [-0.3, -0.25) is 4.79 Å². The molecule has 9 atom stereocenters. The van der Waals surface area contributed by atoms with Crippen molar-refractivity contribution in [1.82, 2.24) is 15.3 Å². The van der Waals surface area contributed by atoms with Gasteiger partial charge >= 0.3 is 5.97 Å². The summed E-state index contributed by atoms with van der Waals surface area (Å²) in [5.74, 6) is -0.962. The number of aliphatic carboxylic acids is 1. The van der Waals surface area contributed by atoms with Crippen LogP contribution in [0.5, 0.6) is 5.75 Å². The van der Waals surface area contributed by atoms with Crippen LogP contribution in [0.25, 0.3) is 0 Å². The van der Waals surface area contributed by atoms with E-state index in [9.17, 15) is 30.3 Å². The second kappa shape index (κ2) is 21.2. The zero-order valence-electron chi connectivity index (χ0n) is 33.7. The van der Waals surface area contributed by atoms with Crippen LogP contribution < -0.4 is 11.1 Å². The predicted molar refractivity (Wildman–Crippen MR) is 222 cm³/mol. The lowest BCUT2D eigenvalue weighted by Gasteiger charge is -2.40. The van der Waals surface area contributed by atoms with Crippen molar-refractivity contribution in [1.29, 1.82) is 0 Å². The number of aromatic amines is 1. The molecule has 0 amide bonds. The van der Waals surface area contributed by atoms with Crippen LogP contribution in [-0.2, 0) is 24.1 Å². The van der Waals surface area contributed by atoms with Gasteiger partial charge in [-0.2, -0.15) is 0 Å². The molecule has 0 saturated heterocycles. The van der Waals surface area contributed by atoms with E-state index in [0.29, 0.717) is 50.4 Å². The molecule has 1 aromatic carbocycles. The minimum Gasteiger partial charge on any atom is -0.508 e. The van der Waals surface area contributed by atoms with E-state index in [2.05, 4.69) is 40.4 Å². The molecular weight excluding hydrogens is 705 g/mol. The Morgan fingerprint density at radius 2 is 1.79 bits per heavy atom. The number of pyridine rings is 1. The number of rotatable bonds is 23. The van der Waals surface area contributed by atoms with E-state index in [0.717, 1.165) is 67.3 Å². The molecule has 0 aliphatic heterocycles. The molecule has 0 unspecified atom stereocenters. The van der Waals surface area contributed by atoms with Gasteiger partial charge in [-0.15, -0.1) is 0 Å². The molecule has 56 heavy (non-hydrogen) atoms. The first-order chi connectivity index (χ1) is 27.0. The molecular formula is C46H68N4O6. The van der Waals surface area contributed by atoms with Crippen molar-refractivity contribution < 1.29 is 30.3 Å². The molecule has 0 spiro atoms. The van der Waals surface area contributed by atoms with Gasteiger partial charge in [0.1, 0.15) is 11.6 Å². The number of hydrogen-bond acceptors (Lipinski definition) is 8. The number of phenolic OH excluding ortho intramolecular Hbond substituents is 1. The Morgan fingerprint density at radius 1 is 1.00 bits per heavy atom.